The van der Waals surface area contributed by atoms with Crippen molar-refractivity contribution in [3.63, 3.8) is 0 Å². The fraction of sp³-hybridized carbons (Fsp3) is 0.300. The van der Waals surface area contributed by atoms with Crippen LogP contribution in [0.2, 0.25) is 0 Å². The molecule has 0 saturated carbocycles. The molecule has 1 fully saturated rings. The highest BCUT2D eigenvalue weighted by Gasteiger charge is 2.24. The van der Waals surface area contributed by atoms with Crippen molar-refractivity contribution in [3.8, 4) is 0 Å². The van der Waals surface area contributed by atoms with Crippen LogP contribution >= 0.6 is 22.7 Å². The predicted octanol–water partition coefficient (Wildman–Crippen LogP) is 2.72. The molecule has 9 heteroatoms. The Bertz CT molecular complexity index is 958. The Balaban J connectivity index is 1.24. The van der Waals surface area contributed by atoms with Crippen molar-refractivity contribution in [2.45, 2.75) is 25.3 Å². The van der Waals surface area contributed by atoms with Gasteiger partial charge in [0.25, 0.3) is 0 Å². The highest BCUT2D eigenvalue weighted by Crippen LogP contribution is 2.19. The van der Waals surface area contributed by atoms with E-state index in [0.29, 0.717) is 17.2 Å². The van der Waals surface area contributed by atoms with Gasteiger partial charge in [0.15, 0.2) is 5.13 Å². The fourth-order valence-electron chi connectivity index (χ4n) is 3.25. The van der Waals surface area contributed by atoms with Gasteiger partial charge in [-0.05, 0) is 30.0 Å². The second-order valence-electron chi connectivity index (χ2n) is 6.81. The fourth-order valence-corrected chi connectivity index (χ4v) is 4.68. The van der Waals surface area contributed by atoms with Crippen LogP contribution in [0, 0.1) is 0 Å². The molecule has 1 aliphatic heterocycles. The minimum atomic E-state index is -0.0987. The first-order valence-electron chi connectivity index (χ1n) is 9.38. The summed E-state index contributed by atoms with van der Waals surface area (Å²) in [6.45, 7) is 1.63. The molecule has 1 aliphatic rings. The van der Waals surface area contributed by atoms with Crippen LogP contribution in [0.5, 0.6) is 0 Å². The Morgan fingerprint density at radius 2 is 2.07 bits per heavy atom. The number of amides is 2. The van der Waals surface area contributed by atoms with Crippen molar-refractivity contribution in [1.82, 2.24) is 15.3 Å². The van der Waals surface area contributed by atoms with Gasteiger partial charge in [0.05, 0.1) is 18.5 Å². The molecule has 150 valence electrons. The number of thiophene rings is 1. The molecular formula is C20H21N5O2S2. The lowest BCUT2D eigenvalue weighted by atomic mass is 10.2. The number of aromatic nitrogens is 2. The molecule has 4 rings (SSSR count). The van der Waals surface area contributed by atoms with E-state index >= 15 is 0 Å². The van der Waals surface area contributed by atoms with Gasteiger partial charge in [0, 0.05) is 35.6 Å². The molecule has 0 aromatic carbocycles. The zero-order valence-corrected chi connectivity index (χ0v) is 17.3. The topological polar surface area (TPSA) is 87.2 Å². The van der Waals surface area contributed by atoms with Crippen molar-refractivity contribution in [2.24, 2.45) is 0 Å². The molecule has 3 aromatic heterocycles. The summed E-state index contributed by atoms with van der Waals surface area (Å²) in [5.41, 5.74) is 0.665. The van der Waals surface area contributed by atoms with E-state index in [-0.39, 0.29) is 24.3 Å². The number of pyridine rings is 1. The summed E-state index contributed by atoms with van der Waals surface area (Å²) in [5.74, 6) is 0.782. The average molecular weight is 428 g/mol. The molecule has 29 heavy (non-hydrogen) atoms. The molecule has 1 atom stereocenters. The SMILES string of the molecule is O=C(Cc1cccs1)Nc1nc(CC(=O)NC2CCN(c3ccccn3)C2)cs1. The van der Waals surface area contributed by atoms with E-state index in [1.165, 1.54) is 11.3 Å². The molecular weight excluding hydrogens is 406 g/mol. The first-order valence-corrected chi connectivity index (χ1v) is 11.1. The van der Waals surface area contributed by atoms with Crippen molar-refractivity contribution >= 4 is 45.4 Å². The Morgan fingerprint density at radius 1 is 1.14 bits per heavy atom. The molecule has 7 nitrogen and oxygen atoms in total. The van der Waals surface area contributed by atoms with Gasteiger partial charge in [-0.1, -0.05) is 12.1 Å². The number of rotatable bonds is 7. The normalized spacial score (nSPS) is 16.0. The van der Waals surface area contributed by atoms with Crippen molar-refractivity contribution in [1.29, 1.82) is 0 Å². The zero-order valence-electron chi connectivity index (χ0n) is 15.7. The van der Waals surface area contributed by atoms with Gasteiger partial charge >= 0.3 is 0 Å². The summed E-state index contributed by atoms with van der Waals surface area (Å²) in [6.07, 6.45) is 3.21. The third kappa shape index (κ3) is 5.39. The number of carbonyl (C=O) groups is 2. The largest absolute Gasteiger partial charge is 0.354 e. The maximum absolute atomic E-state index is 12.4. The van der Waals surface area contributed by atoms with Crippen LogP contribution in [0.3, 0.4) is 0 Å². The molecule has 1 saturated heterocycles. The van der Waals surface area contributed by atoms with Gasteiger partial charge < -0.3 is 15.5 Å². The van der Waals surface area contributed by atoms with Gasteiger partial charge in [0.1, 0.15) is 5.82 Å². The number of thiazole rings is 1. The third-order valence-corrected chi connectivity index (χ3v) is 6.26. The van der Waals surface area contributed by atoms with Crippen LogP contribution in [-0.2, 0) is 22.4 Å². The zero-order chi connectivity index (χ0) is 20.1. The lowest BCUT2D eigenvalue weighted by Gasteiger charge is -2.17. The molecule has 2 N–H and O–H groups in total. The highest BCUT2D eigenvalue weighted by molar-refractivity contribution is 7.14. The second kappa shape index (κ2) is 9.15. The monoisotopic (exact) mass is 427 g/mol. The van der Waals surface area contributed by atoms with Gasteiger partial charge in [0.2, 0.25) is 11.8 Å². The van der Waals surface area contributed by atoms with Crippen molar-refractivity contribution in [2.75, 3.05) is 23.3 Å². The highest BCUT2D eigenvalue weighted by atomic mass is 32.1. The van der Waals surface area contributed by atoms with Crippen LogP contribution in [0.25, 0.3) is 0 Å². The Labute approximate surface area is 176 Å². The van der Waals surface area contributed by atoms with Crippen LogP contribution in [-0.4, -0.2) is 40.9 Å². The van der Waals surface area contributed by atoms with E-state index in [9.17, 15) is 9.59 Å². The first-order chi connectivity index (χ1) is 14.2. The lowest BCUT2D eigenvalue weighted by Crippen LogP contribution is -2.38. The van der Waals surface area contributed by atoms with E-state index < -0.39 is 0 Å². The molecule has 2 amide bonds. The molecule has 0 radical (unpaired) electrons. The second-order valence-corrected chi connectivity index (χ2v) is 8.70. The van der Waals surface area contributed by atoms with Crippen LogP contribution in [0.1, 0.15) is 17.0 Å². The number of carbonyl (C=O) groups excluding carboxylic acids is 2. The van der Waals surface area contributed by atoms with E-state index in [2.05, 4.69) is 25.5 Å². The van der Waals surface area contributed by atoms with Gasteiger partial charge in [-0.2, -0.15) is 0 Å². The van der Waals surface area contributed by atoms with Gasteiger partial charge in [-0.25, -0.2) is 9.97 Å². The molecule has 0 spiro atoms. The van der Waals surface area contributed by atoms with E-state index in [1.807, 2.05) is 41.1 Å². The number of nitrogens with one attached hydrogen (secondary N) is 2. The molecule has 3 aromatic rings. The smallest absolute Gasteiger partial charge is 0.231 e. The van der Waals surface area contributed by atoms with Crippen LogP contribution in [0.4, 0.5) is 10.9 Å². The predicted molar refractivity (Wildman–Crippen MR) is 115 cm³/mol. The summed E-state index contributed by atoms with van der Waals surface area (Å²) in [4.78, 5) is 36.4. The van der Waals surface area contributed by atoms with Gasteiger partial charge in [-0.15, -0.1) is 22.7 Å². The van der Waals surface area contributed by atoms with E-state index in [0.717, 1.165) is 30.2 Å². The minimum absolute atomic E-state index is 0.0559. The quantitative estimate of drug-likeness (QED) is 0.605. The third-order valence-electron chi connectivity index (χ3n) is 4.58. The molecule has 1 unspecified atom stereocenters. The first kappa shape index (κ1) is 19.5. The summed E-state index contributed by atoms with van der Waals surface area (Å²) < 4.78 is 0. The Hall–Kier alpha value is -2.78. The number of hydrogen-bond acceptors (Lipinski definition) is 7. The van der Waals surface area contributed by atoms with E-state index in [1.54, 1.807) is 17.5 Å². The molecule has 0 aliphatic carbocycles. The summed E-state index contributed by atoms with van der Waals surface area (Å²) >= 11 is 2.89. The minimum Gasteiger partial charge on any atom is -0.354 e. The average Bonchev–Trinajstić information content (AvgIpc) is 3.46. The lowest BCUT2D eigenvalue weighted by molar-refractivity contribution is -0.121. The standard InChI is InChI=1S/C20H21N5O2S2/c26-18(22-14-6-8-25(12-14)17-5-1-2-7-21-17)10-15-13-29-20(23-15)24-19(27)11-16-4-3-9-28-16/h1-5,7,9,13-14H,6,8,10-12H2,(H,22,26)(H,23,24,27). The van der Waals surface area contributed by atoms with Crippen molar-refractivity contribution in [3.05, 3.63) is 57.9 Å². The number of anilines is 2. The number of nitrogens with zero attached hydrogens (tertiary/aromatic N) is 3. The summed E-state index contributed by atoms with van der Waals surface area (Å²) in [7, 11) is 0. The molecule has 4 heterocycles. The Morgan fingerprint density at radius 3 is 2.86 bits per heavy atom. The molecule has 0 bridgehead atoms. The number of hydrogen-bond donors (Lipinski definition) is 2. The van der Waals surface area contributed by atoms with Crippen LogP contribution < -0.4 is 15.5 Å². The summed E-state index contributed by atoms with van der Waals surface area (Å²) in [5, 5.41) is 10.2. The van der Waals surface area contributed by atoms with Gasteiger partial charge in [-0.3, -0.25) is 9.59 Å². The summed E-state index contributed by atoms with van der Waals surface area (Å²) in [6, 6.07) is 9.80. The maximum atomic E-state index is 12.4. The van der Waals surface area contributed by atoms with Crippen molar-refractivity contribution < 1.29 is 9.59 Å². The maximum Gasteiger partial charge on any atom is 0.231 e. The Kier molecular flexibility index (Phi) is 6.16. The van der Waals surface area contributed by atoms with Crippen LogP contribution in [0.15, 0.2) is 47.3 Å². The van der Waals surface area contributed by atoms with E-state index in [4.69, 9.17) is 0 Å².